The van der Waals surface area contributed by atoms with E-state index in [1.165, 1.54) is 12.8 Å². The molecule has 1 saturated carbocycles. The predicted octanol–water partition coefficient (Wildman–Crippen LogP) is 2.27. The van der Waals surface area contributed by atoms with Crippen LogP contribution in [0, 0.1) is 0 Å². The van der Waals surface area contributed by atoms with Gasteiger partial charge in [0.2, 0.25) is 0 Å². The van der Waals surface area contributed by atoms with Gasteiger partial charge in [0.05, 0.1) is 11.4 Å². The number of nitrogens with two attached hydrogens (primary N) is 1. The minimum atomic E-state index is -0.00458. The van der Waals surface area contributed by atoms with Gasteiger partial charge in [-0.25, -0.2) is 0 Å². The molecule has 1 aliphatic carbocycles. The number of likely N-dealkylation sites (tertiary alicyclic amines) is 1. The van der Waals surface area contributed by atoms with Crippen molar-refractivity contribution in [1.29, 1.82) is 0 Å². The Kier molecular flexibility index (Phi) is 3.21. The maximum absolute atomic E-state index is 12.6. The largest absolute Gasteiger partial charge is 0.395 e. The van der Waals surface area contributed by atoms with E-state index in [0.29, 0.717) is 17.3 Å². The molecule has 2 aliphatic rings. The Hall–Kier alpha value is -1.52. The van der Waals surface area contributed by atoms with Crippen LogP contribution in [0.15, 0.2) is 0 Å². The standard InChI is InChI=1S/C14H22N4O/c1-9-5-3-2-4-8-18(9)14(19)13-11(15)12(16-17-13)10-6-7-10/h9-10H,2-8,15H2,1H3,(H,16,17). The third kappa shape index (κ3) is 2.33. The van der Waals surface area contributed by atoms with Crippen molar-refractivity contribution < 1.29 is 4.79 Å². The zero-order chi connectivity index (χ0) is 13.4. The molecule has 0 radical (unpaired) electrons. The number of hydrogen-bond acceptors (Lipinski definition) is 3. The number of carbonyl (C=O) groups is 1. The van der Waals surface area contributed by atoms with Crippen molar-refractivity contribution in [2.75, 3.05) is 12.3 Å². The van der Waals surface area contributed by atoms with Crippen LogP contribution in [0.3, 0.4) is 0 Å². The summed E-state index contributed by atoms with van der Waals surface area (Å²) in [5.74, 6) is 0.491. The Balaban J connectivity index is 1.82. The molecular weight excluding hydrogens is 240 g/mol. The maximum Gasteiger partial charge on any atom is 0.276 e. The van der Waals surface area contributed by atoms with Crippen LogP contribution in [0.4, 0.5) is 5.69 Å². The highest BCUT2D eigenvalue weighted by Gasteiger charge is 2.32. The van der Waals surface area contributed by atoms with Crippen LogP contribution in [0.2, 0.25) is 0 Å². The summed E-state index contributed by atoms with van der Waals surface area (Å²) >= 11 is 0. The number of anilines is 1. The highest BCUT2D eigenvalue weighted by molar-refractivity contribution is 5.98. The first-order valence-electron chi connectivity index (χ1n) is 7.33. The van der Waals surface area contributed by atoms with E-state index in [0.717, 1.165) is 37.9 Å². The van der Waals surface area contributed by atoms with E-state index in [9.17, 15) is 4.79 Å². The minimum absolute atomic E-state index is 0.00458. The fraction of sp³-hybridized carbons (Fsp3) is 0.714. The number of aromatic amines is 1. The van der Waals surface area contributed by atoms with Crippen molar-refractivity contribution in [1.82, 2.24) is 15.1 Å². The molecule has 1 saturated heterocycles. The fourth-order valence-corrected chi connectivity index (χ4v) is 2.92. The van der Waals surface area contributed by atoms with Gasteiger partial charge in [-0.2, -0.15) is 5.10 Å². The highest BCUT2D eigenvalue weighted by atomic mass is 16.2. The molecule has 2 heterocycles. The monoisotopic (exact) mass is 262 g/mol. The second-order valence-electron chi connectivity index (χ2n) is 5.87. The summed E-state index contributed by atoms with van der Waals surface area (Å²) in [5, 5.41) is 7.14. The van der Waals surface area contributed by atoms with Gasteiger partial charge in [0.15, 0.2) is 5.69 Å². The van der Waals surface area contributed by atoms with Gasteiger partial charge in [-0.15, -0.1) is 0 Å². The lowest BCUT2D eigenvalue weighted by atomic mass is 10.1. The molecule has 0 bridgehead atoms. The Morgan fingerprint density at radius 2 is 2.11 bits per heavy atom. The van der Waals surface area contributed by atoms with Crippen LogP contribution in [-0.2, 0) is 0 Å². The van der Waals surface area contributed by atoms with Crippen LogP contribution in [-0.4, -0.2) is 33.6 Å². The fourth-order valence-electron chi connectivity index (χ4n) is 2.92. The number of amides is 1. The van der Waals surface area contributed by atoms with Gasteiger partial charge < -0.3 is 10.6 Å². The van der Waals surface area contributed by atoms with Crippen LogP contribution in [0.5, 0.6) is 0 Å². The van der Waals surface area contributed by atoms with Gasteiger partial charge in [0, 0.05) is 18.5 Å². The van der Waals surface area contributed by atoms with Crippen LogP contribution in [0.1, 0.15) is 67.5 Å². The average Bonchev–Trinajstić information content (AvgIpc) is 3.18. The van der Waals surface area contributed by atoms with E-state index in [-0.39, 0.29) is 11.9 Å². The Morgan fingerprint density at radius 1 is 1.32 bits per heavy atom. The molecule has 1 aliphatic heterocycles. The van der Waals surface area contributed by atoms with Crippen molar-refractivity contribution >= 4 is 11.6 Å². The lowest BCUT2D eigenvalue weighted by molar-refractivity contribution is 0.0693. The summed E-state index contributed by atoms with van der Waals surface area (Å²) < 4.78 is 0. The zero-order valence-corrected chi connectivity index (χ0v) is 11.5. The summed E-state index contributed by atoms with van der Waals surface area (Å²) in [6.45, 7) is 2.94. The zero-order valence-electron chi connectivity index (χ0n) is 11.5. The molecule has 1 unspecified atom stereocenters. The topological polar surface area (TPSA) is 75.0 Å². The number of H-pyrrole nitrogens is 1. The van der Waals surface area contributed by atoms with E-state index >= 15 is 0 Å². The molecule has 0 aromatic carbocycles. The Bertz CT molecular complexity index is 478. The molecule has 3 rings (SSSR count). The van der Waals surface area contributed by atoms with Crippen molar-refractivity contribution in [2.45, 2.75) is 57.4 Å². The minimum Gasteiger partial charge on any atom is -0.395 e. The second kappa shape index (κ2) is 4.87. The molecular formula is C14H22N4O. The van der Waals surface area contributed by atoms with Gasteiger partial charge >= 0.3 is 0 Å². The summed E-state index contributed by atoms with van der Waals surface area (Å²) in [6.07, 6.45) is 6.87. The van der Waals surface area contributed by atoms with Gasteiger partial charge in [0.1, 0.15) is 0 Å². The average molecular weight is 262 g/mol. The first kappa shape index (κ1) is 12.5. The molecule has 5 heteroatoms. The van der Waals surface area contributed by atoms with Crippen molar-refractivity contribution in [3.05, 3.63) is 11.4 Å². The molecule has 5 nitrogen and oxygen atoms in total. The molecule has 3 N–H and O–H groups in total. The van der Waals surface area contributed by atoms with Crippen LogP contribution < -0.4 is 5.73 Å². The predicted molar refractivity (Wildman–Crippen MR) is 73.9 cm³/mol. The lowest BCUT2D eigenvalue weighted by Crippen LogP contribution is -2.38. The van der Waals surface area contributed by atoms with Gasteiger partial charge in [-0.05, 0) is 32.6 Å². The molecule has 2 fully saturated rings. The number of nitrogen functional groups attached to an aromatic ring is 1. The SMILES string of the molecule is CC1CCCCCN1C(=O)c1n[nH]c(C2CC2)c1N. The second-order valence-corrected chi connectivity index (χ2v) is 5.87. The van der Waals surface area contributed by atoms with E-state index in [1.807, 2.05) is 4.90 Å². The van der Waals surface area contributed by atoms with Crippen molar-refractivity contribution in [3.63, 3.8) is 0 Å². The van der Waals surface area contributed by atoms with E-state index in [1.54, 1.807) is 0 Å². The number of rotatable bonds is 2. The number of nitrogens with one attached hydrogen (secondary N) is 1. The first-order chi connectivity index (χ1) is 9.18. The molecule has 19 heavy (non-hydrogen) atoms. The lowest BCUT2D eigenvalue weighted by Gasteiger charge is -2.26. The quantitative estimate of drug-likeness (QED) is 0.858. The van der Waals surface area contributed by atoms with Crippen molar-refractivity contribution in [2.24, 2.45) is 0 Å². The normalized spacial score (nSPS) is 24.3. The highest BCUT2D eigenvalue weighted by Crippen LogP contribution is 2.42. The Morgan fingerprint density at radius 3 is 2.84 bits per heavy atom. The Labute approximate surface area is 113 Å². The van der Waals surface area contributed by atoms with Crippen LogP contribution >= 0.6 is 0 Å². The maximum atomic E-state index is 12.6. The first-order valence-corrected chi connectivity index (χ1v) is 7.33. The number of hydrogen-bond donors (Lipinski definition) is 2. The third-order valence-electron chi connectivity index (χ3n) is 4.34. The van der Waals surface area contributed by atoms with E-state index in [2.05, 4.69) is 17.1 Å². The summed E-state index contributed by atoms with van der Waals surface area (Å²) in [5.41, 5.74) is 8.06. The van der Waals surface area contributed by atoms with Gasteiger partial charge in [-0.3, -0.25) is 9.89 Å². The summed E-state index contributed by atoms with van der Waals surface area (Å²) in [4.78, 5) is 14.5. The third-order valence-corrected chi connectivity index (χ3v) is 4.34. The molecule has 0 spiro atoms. The number of carbonyl (C=O) groups excluding carboxylic acids is 1. The number of nitrogens with zero attached hydrogens (tertiary/aromatic N) is 2. The van der Waals surface area contributed by atoms with Gasteiger partial charge in [0.25, 0.3) is 5.91 Å². The number of aromatic nitrogens is 2. The van der Waals surface area contributed by atoms with E-state index < -0.39 is 0 Å². The smallest absolute Gasteiger partial charge is 0.276 e. The van der Waals surface area contributed by atoms with Crippen LogP contribution in [0.25, 0.3) is 0 Å². The summed E-state index contributed by atoms with van der Waals surface area (Å²) in [6, 6.07) is 0.287. The molecule has 1 amide bonds. The molecule has 1 atom stereocenters. The van der Waals surface area contributed by atoms with Gasteiger partial charge in [-0.1, -0.05) is 12.8 Å². The molecule has 104 valence electrons. The van der Waals surface area contributed by atoms with E-state index in [4.69, 9.17) is 5.73 Å². The van der Waals surface area contributed by atoms with Crippen molar-refractivity contribution in [3.8, 4) is 0 Å². The molecule has 1 aromatic heterocycles. The molecule has 1 aromatic rings. The summed E-state index contributed by atoms with van der Waals surface area (Å²) in [7, 11) is 0.